The molecule has 1 amide bonds. The molecule has 1 atom stereocenters. The van der Waals surface area contributed by atoms with Gasteiger partial charge in [-0.2, -0.15) is 0 Å². The van der Waals surface area contributed by atoms with Crippen molar-refractivity contribution in [2.75, 3.05) is 38.2 Å². The largest absolute Gasteiger partial charge is 0.393 e. The zero-order valence-electron chi connectivity index (χ0n) is 14.9. The normalized spacial score (nSPS) is 21.1. The van der Waals surface area contributed by atoms with E-state index in [2.05, 4.69) is 15.3 Å². The van der Waals surface area contributed by atoms with E-state index in [1.54, 1.807) is 6.20 Å². The summed E-state index contributed by atoms with van der Waals surface area (Å²) in [6.07, 6.45) is 4.60. The van der Waals surface area contributed by atoms with Gasteiger partial charge in [0.1, 0.15) is 0 Å². The number of carbonyl (C=O) groups is 1. The number of ether oxygens (including phenoxy) is 1. The molecule has 1 unspecified atom stereocenters. The molecule has 7 nitrogen and oxygen atoms in total. The predicted molar refractivity (Wildman–Crippen MR) is 94.1 cm³/mol. The van der Waals surface area contributed by atoms with Gasteiger partial charge >= 0.3 is 0 Å². The average Bonchev–Trinajstić information content (AvgIpc) is 2.63. The molecule has 7 heteroatoms. The SMILES string of the molecule is Cc1ccnc(NCC(C(=O)N2CCC(O)CC2)C2CCOCC2)n1. The molecule has 1 aromatic rings. The Hall–Kier alpha value is -1.73. The number of aliphatic hydroxyl groups excluding tert-OH is 1. The number of likely N-dealkylation sites (tertiary alicyclic amines) is 1. The third-order valence-electron chi connectivity index (χ3n) is 5.20. The first-order valence-electron chi connectivity index (χ1n) is 9.21. The van der Waals surface area contributed by atoms with E-state index < -0.39 is 0 Å². The Balaban J connectivity index is 1.67. The van der Waals surface area contributed by atoms with Crippen LogP contribution in [0.5, 0.6) is 0 Å². The van der Waals surface area contributed by atoms with E-state index in [0.717, 1.165) is 18.5 Å². The van der Waals surface area contributed by atoms with Crippen molar-refractivity contribution >= 4 is 11.9 Å². The molecule has 0 radical (unpaired) electrons. The number of piperidine rings is 1. The topological polar surface area (TPSA) is 87.6 Å². The minimum absolute atomic E-state index is 0.108. The minimum atomic E-state index is -0.274. The average molecular weight is 348 g/mol. The Bertz CT molecular complexity index is 569. The Labute approximate surface area is 148 Å². The molecule has 2 fully saturated rings. The van der Waals surface area contributed by atoms with Gasteiger partial charge in [0.25, 0.3) is 0 Å². The highest BCUT2D eigenvalue weighted by atomic mass is 16.5. The number of hydrogen-bond acceptors (Lipinski definition) is 6. The van der Waals surface area contributed by atoms with E-state index in [4.69, 9.17) is 4.74 Å². The van der Waals surface area contributed by atoms with E-state index in [1.165, 1.54) is 0 Å². The maximum Gasteiger partial charge on any atom is 0.227 e. The second kappa shape index (κ2) is 8.58. The second-order valence-electron chi connectivity index (χ2n) is 7.02. The van der Waals surface area contributed by atoms with Crippen molar-refractivity contribution in [3.05, 3.63) is 18.0 Å². The lowest BCUT2D eigenvalue weighted by Crippen LogP contribution is -2.47. The highest BCUT2D eigenvalue weighted by Gasteiger charge is 2.34. The Morgan fingerprint density at radius 1 is 1.36 bits per heavy atom. The minimum Gasteiger partial charge on any atom is -0.393 e. The van der Waals surface area contributed by atoms with Crippen LogP contribution in [0.1, 0.15) is 31.4 Å². The van der Waals surface area contributed by atoms with Crippen LogP contribution >= 0.6 is 0 Å². The van der Waals surface area contributed by atoms with Gasteiger partial charge in [-0.25, -0.2) is 9.97 Å². The summed E-state index contributed by atoms with van der Waals surface area (Å²) in [5.74, 6) is 0.951. The molecule has 0 aromatic carbocycles. The lowest BCUT2D eigenvalue weighted by molar-refractivity contribution is -0.140. The van der Waals surface area contributed by atoms with Gasteiger partial charge in [-0.3, -0.25) is 4.79 Å². The predicted octanol–water partition coefficient (Wildman–Crippen LogP) is 1.22. The number of nitrogens with one attached hydrogen (secondary N) is 1. The van der Waals surface area contributed by atoms with E-state index in [-0.39, 0.29) is 17.9 Å². The standard InChI is InChI=1S/C18H28N4O3/c1-13-2-7-19-18(21-13)20-12-16(14-5-10-25-11-6-14)17(24)22-8-3-15(23)4-9-22/h2,7,14-16,23H,3-6,8-12H2,1H3,(H,19,20,21). The maximum atomic E-state index is 13.1. The van der Waals surface area contributed by atoms with Crippen LogP contribution in [-0.4, -0.2) is 64.8 Å². The van der Waals surface area contributed by atoms with E-state index in [1.807, 2.05) is 17.9 Å². The number of carbonyl (C=O) groups excluding carboxylic acids is 1. The quantitative estimate of drug-likeness (QED) is 0.832. The number of rotatable bonds is 5. The molecular weight excluding hydrogens is 320 g/mol. The summed E-state index contributed by atoms with van der Waals surface area (Å²) in [6, 6.07) is 1.85. The summed E-state index contributed by atoms with van der Waals surface area (Å²) in [6.45, 7) is 5.17. The van der Waals surface area contributed by atoms with Gasteiger partial charge in [0.15, 0.2) is 0 Å². The summed E-state index contributed by atoms with van der Waals surface area (Å²) in [5.41, 5.74) is 0.900. The molecule has 0 bridgehead atoms. The molecule has 25 heavy (non-hydrogen) atoms. The zero-order chi connectivity index (χ0) is 17.6. The molecule has 1 aromatic heterocycles. The van der Waals surface area contributed by atoms with Crippen LogP contribution < -0.4 is 5.32 Å². The van der Waals surface area contributed by atoms with Crippen LogP contribution in [0.4, 0.5) is 5.95 Å². The van der Waals surface area contributed by atoms with Crippen molar-refractivity contribution in [3.63, 3.8) is 0 Å². The number of anilines is 1. The number of amides is 1. The third-order valence-corrected chi connectivity index (χ3v) is 5.20. The Morgan fingerprint density at radius 2 is 2.08 bits per heavy atom. The van der Waals surface area contributed by atoms with Gasteiger partial charge in [-0.1, -0.05) is 0 Å². The van der Waals surface area contributed by atoms with Crippen molar-refractivity contribution in [1.29, 1.82) is 0 Å². The molecule has 2 N–H and O–H groups in total. The van der Waals surface area contributed by atoms with Crippen LogP contribution in [-0.2, 0) is 9.53 Å². The number of nitrogens with zero attached hydrogens (tertiary/aromatic N) is 3. The molecule has 138 valence electrons. The fourth-order valence-electron chi connectivity index (χ4n) is 3.63. The summed E-state index contributed by atoms with van der Waals surface area (Å²) in [5, 5.41) is 12.9. The molecular formula is C18H28N4O3. The number of aliphatic hydroxyl groups is 1. The van der Waals surface area contributed by atoms with Crippen molar-refractivity contribution in [3.8, 4) is 0 Å². The second-order valence-corrected chi connectivity index (χ2v) is 7.02. The molecule has 3 heterocycles. The van der Waals surface area contributed by atoms with Crippen LogP contribution in [0, 0.1) is 18.8 Å². The number of hydrogen-bond donors (Lipinski definition) is 2. The summed E-state index contributed by atoms with van der Waals surface area (Å²) >= 11 is 0. The fourth-order valence-corrected chi connectivity index (χ4v) is 3.63. The van der Waals surface area contributed by atoms with Gasteiger partial charge in [0, 0.05) is 44.7 Å². The molecule has 2 aliphatic heterocycles. The lowest BCUT2D eigenvalue weighted by Gasteiger charge is -2.36. The van der Waals surface area contributed by atoms with Gasteiger partial charge < -0.3 is 20.1 Å². The van der Waals surface area contributed by atoms with E-state index in [9.17, 15) is 9.90 Å². The number of aryl methyl sites for hydroxylation is 1. The van der Waals surface area contributed by atoms with Gasteiger partial charge in [-0.05, 0) is 44.6 Å². The van der Waals surface area contributed by atoms with E-state index in [0.29, 0.717) is 57.6 Å². The molecule has 0 saturated carbocycles. The van der Waals surface area contributed by atoms with Gasteiger partial charge in [0.05, 0.1) is 12.0 Å². The summed E-state index contributed by atoms with van der Waals surface area (Å²) in [4.78, 5) is 23.6. The van der Waals surface area contributed by atoms with Crippen LogP contribution in [0.2, 0.25) is 0 Å². The molecule has 2 saturated heterocycles. The van der Waals surface area contributed by atoms with Gasteiger partial charge in [0.2, 0.25) is 11.9 Å². The molecule has 0 aliphatic carbocycles. The Morgan fingerprint density at radius 3 is 2.76 bits per heavy atom. The maximum absolute atomic E-state index is 13.1. The number of aromatic nitrogens is 2. The monoisotopic (exact) mass is 348 g/mol. The van der Waals surface area contributed by atoms with Crippen LogP contribution in [0.15, 0.2) is 12.3 Å². The highest BCUT2D eigenvalue weighted by Crippen LogP contribution is 2.27. The fraction of sp³-hybridized carbons (Fsp3) is 0.722. The first-order chi connectivity index (χ1) is 12.1. The molecule has 3 rings (SSSR count). The van der Waals surface area contributed by atoms with Gasteiger partial charge in [-0.15, -0.1) is 0 Å². The Kier molecular flexibility index (Phi) is 6.20. The van der Waals surface area contributed by atoms with Crippen molar-refractivity contribution < 1.29 is 14.6 Å². The lowest BCUT2D eigenvalue weighted by atomic mass is 9.84. The van der Waals surface area contributed by atoms with Crippen LogP contribution in [0.25, 0.3) is 0 Å². The zero-order valence-corrected chi connectivity index (χ0v) is 14.9. The smallest absolute Gasteiger partial charge is 0.227 e. The summed E-state index contributed by atoms with van der Waals surface area (Å²) in [7, 11) is 0. The first kappa shape index (κ1) is 18.1. The first-order valence-corrected chi connectivity index (χ1v) is 9.21. The molecule has 0 spiro atoms. The van der Waals surface area contributed by atoms with Crippen LogP contribution in [0.3, 0.4) is 0 Å². The van der Waals surface area contributed by atoms with Crippen molar-refractivity contribution in [2.24, 2.45) is 11.8 Å². The van der Waals surface area contributed by atoms with Crippen molar-refractivity contribution in [1.82, 2.24) is 14.9 Å². The third kappa shape index (κ3) is 4.89. The highest BCUT2D eigenvalue weighted by molar-refractivity contribution is 5.80. The summed E-state index contributed by atoms with van der Waals surface area (Å²) < 4.78 is 5.46. The van der Waals surface area contributed by atoms with Crippen molar-refractivity contribution in [2.45, 2.75) is 38.7 Å². The molecule has 2 aliphatic rings. The van der Waals surface area contributed by atoms with E-state index >= 15 is 0 Å².